The van der Waals surface area contributed by atoms with Crippen LogP contribution >= 0.6 is 0 Å². The standard InChI is InChI=1S/C17H22N4O2/c1-3-21-15-14(9-13(10-18-15)16(22)23)20-17(21)19-11(2)12-7-5-4-6-8-12/h7,9-11H,3-6,8H2,1-2H3,(H,19,20)(H,22,23). The molecule has 2 N–H and O–H groups in total. The summed E-state index contributed by atoms with van der Waals surface area (Å²) in [6, 6.07) is 1.79. The van der Waals surface area contributed by atoms with Gasteiger partial charge < -0.3 is 10.4 Å². The quantitative estimate of drug-likeness (QED) is 0.826. The second kappa shape index (κ2) is 6.40. The number of imidazole rings is 1. The van der Waals surface area contributed by atoms with Gasteiger partial charge in [-0.15, -0.1) is 0 Å². The number of pyridine rings is 1. The Morgan fingerprint density at radius 3 is 2.96 bits per heavy atom. The number of rotatable bonds is 5. The van der Waals surface area contributed by atoms with Crippen molar-refractivity contribution in [2.24, 2.45) is 0 Å². The van der Waals surface area contributed by atoms with Crippen LogP contribution in [-0.2, 0) is 6.54 Å². The molecule has 2 heterocycles. The highest BCUT2D eigenvalue weighted by atomic mass is 16.4. The summed E-state index contributed by atoms with van der Waals surface area (Å²) in [5.74, 6) is -0.239. The smallest absolute Gasteiger partial charge is 0.337 e. The summed E-state index contributed by atoms with van der Waals surface area (Å²) in [4.78, 5) is 19.9. The zero-order valence-electron chi connectivity index (χ0n) is 13.5. The second-order valence-electron chi connectivity index (χ2n) is 5.94. The van der Waals surface area contributed by atoms with Crippen LogP contribution in [0.3, 0.4) is 0 Å². The normalized spacial score (nSPS) is 16.2. The van der Waals surface area contributed by atoms with Gasteiger partial charge in [-0.1, -0.05) is 11.6 Å². The Morgan fingerprint density at radius 2 is 2.30 bits per heavy atom. The lowest BCUT2D eigenvalue weighted by Gasteiger charge is -2.21. The number of aromatic nitrogens is 3. The number of carboxylic acid groups (broad SMARTS) is 1. The monoisotopic (exact) mass is 314 g/mol. The minimum absolute atomic E-state index is 0.160. The maximum atomic E-state index is 11.1. The van der Waals surface area contributed by atoms with Crippen molar-refractivity contribution in [3.05, 3.63) is 29.5 Å². The van der Waals surface area contributed by atoms with Gasteiger partial charge in [-0.3, -0.25) is 4.57 Å². The molecule has 6 heteroatoms. The van der Waals surface area contributed by atoms with Crippen molar-refractivity contribution in [2.45, 2.75) is 52.1 Å². The molecule has 1 aliphatic carbocycles. The molecule has 3 rings (SSSR count). The minimum Gasteiger partial charge on any atom is -0.478 e. The largest absolute Gasteiger partial charge is 0.478 e. The van der Waals surface area contributed by atoms with E-state index in [2.05, 4.69) is 28.3 Å². The van der Waals surface area contributed by atoms with Gasteiger partial charge in [0.1, 0.15) is 5.52 Å². The number of hydrogen-bond acceptors (Lipinski definition) is 4. The van der Waals surface area contributed by atoms with E-state index in [4.69, 9.17) is 5.11 Å². The van der Waals surface area contributed by atoms with E-state index in [9.17, 15) is 4.79 Å². The number of hydrogen-bond donors (Lipinski definition) is 2. The highest BCUT2D eigenvalue weighted by Gasteiger charge is 2.17. The van der Waals surface area contributed by atoms with Crippen LogP contribution in [-0.4, -0.2) is 31.7 Å². The number of aryl methyl sites for hydroxylation is 1. The van der Waals surface area contributed by atoms with E-state index in [1.54, 1.807) is 6.07 Å². The average molecular weight is 314 g/mol. The third kappa shape index (κ3) is 3.06. The van der Waals surface area contributed by atoms with Gasteiger partial charge in [0.2, 0.25) is 5.95 Å². The van der Waals surface area contributed by atoms with Gasteiger partial charge in [0.25, 0.3) is 0 Å². The van der Waals surface area contributed by atoms with Crippen LogP contribution in [0.2, 0.25) is 0 Å². The van der Waals surface area contributed by atoms with Crippen LogP contribution in [0.1, 0.15) is 49.9 Å². The number of fused-ring (bicyclic) bond motifs is 1. The average Bonchev–Trinajstić information content (AvgIpc) is 2.91. The zero-order valence-corrected chi connectivity index (χ0v) is 13.5. The van der Waals surface area contributed by atoms with Crippen molar-refractivity contribution >= 4 is 23.1 Å². The van der Waals surface area contributed by atoms with Crippen molar-refractivity contribution in [3.63, 3.8) is 0 Å². The molecule has 0 saturated heterocycles. The number of aromatic carboxylic acids is 1. The van der Waals surface area contributed by atoms with Gasteiger partial charge in [0, 0.05) is 18.8 Å². The number of carboxylic acids is 1. The Kier molecular flexibility index (Phi) is 4.32. The molecule has 0 aliphatic heterocycles. The molecule has 23 heavy (non-hydrogen) atoms. The highest BCUT2D eigenvalue weighted by molar-refractivity contribution is 5.91. The minimum atomic E-state index is -0.985. The van der Waals surface area contributed by atoms with E-state index >= 15 is 0 Å². The lowest BCUT2D eigenvalue weighted by Crippen LogP contribution is -2.21. The number of carbonyl (C=O) groups is 1. The van der Waals surface area contributed by atoms with Crippen molar-refractivity contribution in [3.8, 4) is 0 Å². The SMILES string of the molecule is CCn1c(NC(C)C2=CCCCC2)nc2cc(C(=O)O)cnc21. The Morgan fingerprint density at radius 1 is 1.48 bits per heavy atom. The van der Waals surface area contributed by atoms with Crippen molar-refractivity contribution in [1.82, 2.24) is 14.5 Å². The lowest BCUT2D eigenvalue weighted by molar-refractivity contribution is 0.0696. The maximum absolute atomic E-state index is 11.1. The van der Waals surface area contributed by atoms with Crippen molar-refractivity contribution in [1.29, 1.82) is 0 Å². The third-order valence-corrected chi connectivity index (χ3v) is 4.38. The van der Waals surface area contributed by atoms with E-state index in [-0.39, 0.29) is 11.6 Å². The highest BCUT2D eigenvalue weighted by Crippen LogP contribution is 2.24. The molecule has 0 amide bonds. The van der Waals surface area contributed by atoms with E-state index < -0.39 is 5.97 Å². The van der Waals surface area contributed by atoms with Gasteiger partial charge in [0.15, 0.2) is 5.65 Å². The molecule has 1 unspecified atom stereocenters. The van der Waals surface area contributed by atoms with Gasteiger partial charge >= 0.3 is 5.97 Å². The van der Waals surface area contributed by atoms with E-state index in [0.717, 1.165) is 25.3 Å². The molecule has 1 atom stereocenters. The molecule has 6 nitrogen and oxygen atoms in total. The second-order valence-corrected chi connectivity index (χ2v) is 5.94. The Bertz CT molecular complexity index is 763. The molecule has 1 aliphatic rings. The van der Waals surface area contributed by atoms with Crippen LogP contribution in [0.15, 0.2) is 23.9 Å². The Hall–Kier alpha value is -2.37. The molecule has 2 aromatic heterocycles. The van der Waals surface area contributed by atoms with Crippen LogP contribution < -0.4 is 5.32 Å². The molecule has 0 bridgehead atoms. The molecule has 122 valence electrons. The van der Waals surface area contributed by atoms with Crippen LogP contribution in [0.4, 0.5) is 5.95 Å². The van der Waals surface area contributed by atoms with Crippen LogP contribution in [0, 0.1) is 0 Å². The summed E-state index contributed by atoms with van der Waals surface area (Å²) in [5, 5.41) is 12.6. The van der Waals surface area contributed by atoms with E-state index in [1.165, 1.54) is 24.6 Å². The Balaban J connectivity index is 1.93. The summed E-state index contributed by atoms with van der Waals surface area (Å²) in [7, 11) is 0. The first-order chi connectivity index (χ1) is 11.1. The van der Waals surface area contributed by atoms with Gasteiger partial charge in [0.05, 0.1) is 5.56 Å². The predicted molar refractivity (Wildman–Crippen MR) is 89.8 cm³/mol. The summed E-state index contributed by atoms with van der Waals surface area (Å²) in [6.45, 7) is 4.90. The van der Waals surface area contributed by atoms with E-state index in [0.29, 0.717) is 11.2 Å². The number of nitrogens with zero attached hydrogens (tertiary/aromatic N) is 3. The van der Waals surface area contributed by atoms with Crippen molar-refractivity contribution in [2.75, 3.05) is 5.32 Å². The molecular weight excluding hydrogens is 292 g/mol. The van der Waals surface area contributed by atoms with E-state index in [1.807, 2.05) is 11.5 Å². The van der Waals surface area contributed by atoms with Gasteiger partial charge in [-0.2, -0.15) is 0 Å². The predicted octanol–water partition coefficient (Wildman–Crippen LogP) is 3.45. The fraction of sp³-hybridized carbons (Fsp3) is 0.471. The summed E-state index contributed by atoms with van der Waals surface area (Å²) in [5.41, 5.74) is 2.90. The van der Waals surface area contributed by atoms with Crippen molar-refractivity contribution < 1.29 is 9.90 Å². The first-order valence-electron chi connectivity index (χ1n) is 8.15. The fourth-order valence-corrected chi connectivity index (χ4v) is 3.08. The summed E-state index contributed by atoms with van der Waals surface area (Å²) in [6.07, 6.45) is 8.49. The maximum Gasteiger partial charge on any atom is 0.337 e. The summed E-state index contributed by atoms with van der Waals surface area (Å²) >= 11 is 0. The molecule has 0 fully saturated rings. The molecule has 0 radical (unpaired) electrons. The van der Waals surface area contributed by atoms with Gasteiger partial charge in [-0.25, -0.2) is 14.8 Å². The topological polar surface area (TPSA) is 80.0 Å². The first kappa shape index (κ1) is 15.5. The summed E-state index contributed by atoms with van der Waals surface area (Å²) < 4.78 is 1.99. The number of anilines is 1. The number of allylic oxidation sites excluding steroid dienone is 1. The third-order valence-electron chi connectivity index (χ3n) is 4.38. The fourth-order valence-electron chi connectivity index (χ4n) is 3.08. The lowest BCUT2D eigenvalue weighted by atomic mass is 9.95. The molecular formula is C17H22N4O2. The first-order valence-corrected chi connectivity index (χ1v) is 8.15. The molecule has 0 spiro atoms. The number of nitrogens with one attached hydrogen (secondary N) is 1. The van der Waals surface area contributed by atoms with Crippen LogP contribution in [0.5, 0.6) is 0 Å². The molecule has 0 aromatic carbocycles. The van der Waals surface area contributed by atoms with Gasteiger partial charge in [-0.05, 0) is 45.6 Å². The van der Waals surface area contributed by atoms with Crippen LogP contribution in [0.25, 0.3) is 11.2 Å². The molecule has 2 aromatic rings. The zero-order chi connectivity index (χ0) is 16.4. The molecule has 0 saturated carbocycles. The Labute approximate surface area is 135 Å².